The number of methoxy groups -OCH3 is 1. The Morgan fingerprint density at radius 2 is 1.62 bits per heavy atom. The van der Waals surface area contributed by atoms with Crippen molar-refractivity contribution in [2.45, 2.75) is 6.92 Å². The highest BCUT2D eigenvalue weighted by atomic mass is 35.5. The summed E-state index contributed by atoms with van der Waals surface area (Å²) in [6.45, 7) is 6.10. The van der Waals surface area contributed by atoms with E-state index in [2.05, 4.69) is 46.0 Å². The van der Waals surface area contributed by atoms with E-state index in [0.717, 1.165) is 48.3 Å². The van der Waals surface area contributed by atoms with Crippen molar-refractivity contribution in [2.75, 3.05) is 43.1 Å². The molecule has 3 aromatic rings. The van der Waals surface area contributed by atoms with Crippen LogP contribution in [0.2, 0.25) is 5.02 Å². The van der Waals surface area contributed by atoms with Crippen LogP contribution >= 0.6 is 11.6 Å². The van der Waals surface area contributed by atoms with Crippen molar-refractivity contribution < 1.29 is 9.72 Å². The molecule has 2 aromatic carbocycles. The van der Waals surface area contributed by atoms with Gasteiger partial charge in [-0.25, -0.2) is 4.98 Å². The van der Waals surface area contributed by atoms with E-state index >= 15 is 0 Å². The average molecular weight is 369 g/mol. The molecule has 4 nitrogen and oxygen atoms in total. The molecule has 1 N–H and O–H groups in total. The first-order chi connectivity index (χ1) is 12.6. The fraction of sp³-hybridized carbons (Fsp3) is 0.286. The molecule has 1 aliphatic heterocycles. The van der Waals surface area contributed by atoms with Crippen LogP contribution in [0.4, 0.5) is 11.5 Å². The Hall–Kier alpha value is -2.46. The van der Waals surface area contributed by atoms with Crippen molar-refractivity contribution >= 4 is 34.0 Å². The zero-order valence-corrected chi connectivity index (χ0v) is 15.9. The van der Waals surface area contributed by atoms with E-state index in [0.29, 0.717) is 0 Å². The lowest BCUT2D eigenvalue weighted by molar-refractivity contribution is -0.330. The number of halogens is 1. The van der Waals surface area contributed by atoms with Crippen LogP contribution in [0.3, 0.4) is 0 Å². The van der Waals surface area contributed by atoms with Crippen LogP contribution in [0.25, 0.3) is 10.9 Å². The molecule has 1 aromatic heterocycles. The van der Waals surface area contributed by atoms with Crippen LogP contribution < -0.4 is 19.5 Å². The highest BCUT2D eigenvalue weighted by Crippen LogP contribution is 2.24. The van der Waals surface area contributed by atoms with E-state index in [1.807, 2.05) is 24.3 Å². The first-order valence-electron chi connectivity index (χ1n) is 8.90. The maximum Gasteiger partial charge on any atom is 0.275 e. The number of rotatable bonds is 3. The summed E-state index contributed by atoms with van der Waals surface area (Å²) < 4.78 is 5.25. The lowest BCUT2D eigenvalue weighted by Crippen LogP contribution is -2.48. The number of hydrogen-bond acceptors (Lipinski definition) is 3. The van der Waals surface area contributed by atoms with Crippen molar-refractivity contribution in [1.82, 2.24) is 0 Å². The van der Waals surface area contributed by atoms with Crippen LogP contribution in [-0.4, -0.2) is 33.3 Å². The van der Waals surface area contributed by atoms with Gasteiger partial charge in [-0.3, -0.25) is 4.90 Å². The van der Waals surface area contributed by atoms with Gasteiger partial charge in [-0.1, -0.05) is 11.6 Å². The molecule has 0 unspecified atom stereocenters. The highest BCUT2D eigenvalue weighted by Gasteiger charge is 2.24. The first-order valence-corrected chi connectivity index (χ1v) is 9.28. The maximum atomic E-state index is 6.17. The monoisotopic (exact) mass is 368 g/mol. The Morgan fingerprint density at radius 3 is 2.31 bits per heavy atom. The van der Waals surface area contributed by atoms with Gasteiger partial charge in [0, 0.05) is 28.2 Å². The average Bonchev–Trinajstić information content (AvgIpc) is 2.68. The number of pyridine rings is 1. The van der Waals surface area contributed by atoms with Crippen LogP contribution in [0.15, 0.2) is 48.5 Å². The first kappa shape index (κ1) is 17.0. The molecule has 0 saturated carbocycles. The van der Waals surface area contributed by atoms with Gasteiger partial charge >= 0.3 is 0 Å². The number of nitrogens with one attached hydrogen (secondary N) is 1. The summed E-state index contributed by atoms with van der Waals surface area (Å²) in [6.07, 6.45) is 0. The molecule has 1 saturated heterocycles. The number of aromatic amines is 1. The van der Waals surface area contributed by atoms with E-state index in [9.17, 15) is 0 Å². The quantitative estimate of drug-likeness (QED) is 0.701. The number of benzene rings is 2. The number of nitrogens with zero attached hydrogens (tertiary/aromatic N) is 2. The van der Waals surface area contributed by atoms with Crippen LogP contribution in [-0.2, 0) is 0 Å². The van der Waals surface area contributed by atoms with Gasteiger partial charge in [0.15, 0.2) is 0 Å². The number of anilines is 2. The second-order valence-corrected chi connectivity index (χ2v) is 7.14. The zero-order valence-electron chi connectivity index (χ0n) is 15.1. The second-order valence-electron chi connectivity index (χ2n) is 6.70. The number of H-pyrrole nitrogens is 1. The minimum Gasteiger partial charge on any atom is -0.497 e. The highest BCUT2D eigenvalue weighted by molar-refractivity contribution is 6.31. The fourth-order valence-corrected chi connectivity index (χ4v) is 3.76. The standard InChI is InChI=1S/C21H22ClN3O/c1-15-13-21(23-20-14-16(22)3-8-19(15)20)25-11-9-24(10-12-25)17-4-6-18(26-2)7-5-17/h3-8,13-14H,9-12H2,1-2H3/p+1. The number of piperazine rings is 1. The van der Waals surface area contributed by atoms with Gasteiger partial charge in [0.1, 0.15) is 24.4 Å². The van der Waals surface area contributed by atoms with Gasteiger partial charge in [0.2, 0.25) is 0 Å². The Balaban J connectivity index is 1.51. The molecule has 0 radical (unpaired) electrons. The fourth-order valence-electron chi connectivity index (χ4n) is 3.59. The Kier molecular flexibility index (Phi) is 4.60. The van der Waals surface area contributed by atoms with Crippen LogP contribution in [0, 0.1) is 6.92 Å². The third kappa shape index (κ3) is 3.29. The number of hydrogen-bond donors (Lipinski definition) is 0. The summed E-state index contributed by atoms with van der Waals surface area (Å²) >= 11 is 6.17. The SMILES string of the molecule is COc1ccc(N2CCN(c3cc(C)c4ccc(Cl)cc4[nH+]3)CC2)cc1. The minimum atomic E-state index is 0.759. The molecule has 26 heavy (non-hydrogen) atoms. The molecule has 4 rings (SSSR count). The van der Waals surface area contributed by atoms with E-state index in [1.165, 1.54) is 16.6 Å². The third-order valence-corrected chi connectivity index (χ3v) is 5.32. The molecule has 0 amide bonds. The molecule has 1 fully saturated rings. The molecule has 0 bridgehead atoms. The van der Waals surface area contributed by atoms with Gasteiger partial charge in [-0.15, -0.1) is 0 Å². The number of fused-ring (bicyclic) bond motifs is 1. The Bertz CT molecular complexity index is 918. The van der Waals surface area contributed by atoms with E-state index < -0.39 is 0 Å². The third-order valence-electron chi connectivity index (χ3n) is 5.08. The molecule has 1 aliphatic rings. The van der Waals surface area contributed by atoms with Crippen LogP contribution in [0.5, 0.6) is 5.75 Å². The Labute approximate surface area is 159 Å². The molecule has 2 heterocycles. The van der Waals surface area contributed by atoms with Crippen LogP contribution in [0.1, 0.15) is 5.56 Å². The lowest BCUT2D eigenvalue weighted by Gasteiger charge is -2.32. The molecule has 0 aliphatic carbocycles. The van der Waals surface area contributed by atoms with Gasteiger partial charge in [-0.05, 0) is 48.9 Å². The molecule has 134 valence electrons. The summed E-state index contributed by atoms with van der Waals surface area (Å²) in [5.41, 5.74) is 3.60. The molecule has 0 atom stereocenters. The number of ether oxygens (including phenoxy) is 1. The Morgan fingerprint density at radius 1 is 0.923 bits per heavy atom. The smallest absolute Gasteiger partial charge is 0.275 e. The minimum absolute atomic E-state index is 0.759. The zero-order chi connectivity index (χ0) is 18.1. The topological polar surface area (TPSA) is 29.9 Å². The number of aromatic nitrogens is 1. The molecular formula is C21H23ClN3O+. The second kappa shape index (κ2) is 7.04. The molecular weight excluding hydrogens is 346 g/mol. The van der Waals surface area contributed by atoms with Crippen molar-refractivity contribution in [3.05, 3.63) is 59.1 Å². The largest absolute Gasteiger partial charge is 0.497 e. The van der Waals surface area contributed by atoms with E-state index in [4.69, 9.17) is 16.3 Å². The maximum absolute atomic E-state index is 6.17. The predicted octanol–water partition coefficient (Wildman–Crippen LogP) is 3.95. The van der Waals surface area contributed by atoms with E-state index in [1.54, 1.807) is 7.11 Å². The summed E-state index contributed by atoms with van der Waals surface area (Å²) in [5, 5.41) is 1.98. The summed E-state index contributed by atoms with van der Waals surface area (Å²) in [4.78, 5) is 8.38. The number of aryl methyl sites for hydroxylation is 1. The molecule has 0 spiro atoms. The van der Waals surface area contributed by atoms with Gasteiger partial charge < -0.3 is 9.64 Å². The van der Waals surface area contributed by atoms with Gasteiger partial charge in [0.25, 0.3) is 5.82 Å². The normalized spacial score (nSPS) is 14.7. The van der Waals surface area contributed by atoms with Gasteiger partial charge in [-0.2, -0.15) is 0 Å². The van der Waals surface area contributed by atoms with E-state index in [-0.39, 0.29) is 0 Å². The van der Waals surface area contributed by atoms with Gasteiger partial charge in [0.05, 0.1) is 20.2 Å². The summed E-state index contributed by atoms with van der Waals surface area (Å²) in [6, 6.07) is 16.6. The summed E-state index contributed by atoms with van der Waals surface area (Å²) in [5.74, 6) is 2.05. The lowest BCUT2D eigenvalue weighted by atomic mass is 10.1. The van der Waals surface area contributed by atoms with Crippen molar-refractivity contribution in [3.8, 4) is 5.75 Å². The van der Waals surface area contributed by atoms with Crippen molar-refractivity contribution in [2.24, 2.45) is 0 Å². The predicted molar refractivity (Wildman–Crippen MR) is 108 cm³/mol. The summed E-state index contributed by atoms with van der Waals surface area (Å²) in [7, 11) is 1.70. The van der Waals surface area contributed by atoms with Crippen molar-refractivity contribution in [1.29, 1.82) is 0 Å². The van der Waals surface area contributed by atoms with Crippen molar-refractivity contribution in [3.63, 3.8) is 0 Å². The molecule has 5 heteroatoms.